The van der Waals surface area contributed by atoms with Gasteiger partial charge in [0.15, 0.2) is 5.96 Å². The van der Waals surface area contributed by atoms with Gasteiger partial charge in [-0.1, -0.05) is 0 Å². The third-order valence-electron chi connectivity index (χ3n) is 4.59. The topological polar surface area (TPSA) is 75.0 Å². The molecule has 0 radical (unpaired) electrons. The lowest BCUT2D eigenvalue weighted by Crippen LogP contribution is -2.55. The summed E-state index contributed by atoms with van der Waals surface area (Å²) >= 11 is 0. The lowest BCUT2D eigenvalue weighted by molar-refractivity contribution is -0.120. The van der Waals surface area contributed by atoms with E-state index in [-0.39, 0.29) is 5.91 Å². The number of piperazine rings is 1. The molecule has 1 unspecified atom stereocenters. The van der Waals surface area contributed by atoms with Gasteiger partial charge < -0.3 is 19.9 Å². The van der Waals surface area contributed by atoms with Crippen LogP contribution < -0.4 is 10.2 Å². The number of aliphatic imine (C=N–C) groups is 1. The Labute approximate surface area is 148 Å². The van der Waals surface area contributed by atoms with Gasteiger partial charge in [0, 0.05) is 46.0 Å². The third kappa shape index (κ3) is 4.50. The minimum absolute atomic E-state index is 0.0731. The smallest absolute Gasteiger partial charge is 0.246 e. The minimum atomic E-state index is 0.0731. The molecular formula is C17H28N6O2. The van der Waals surface area contributed by atoms with E-state index in [9.17, 15) is 4.79 Å². The lowest BCUT2D eigenvalue weighted by atomic mass is 10.2. The summed E-state index contributed by atoms with van der Waals surface area (Å²) in [5, 5.41) is 7.45. The first-order chi connectivity index (χ1) is 12.2. The van der Waals surface area contributed by atoms with Crippen molar-refractivity contribution in [3.63, 3.8) is 0 Å². The summed E-state index contributed by atoms with van der Waals surface area (Å²) < 4.78 is 7.36. The zero-order valence-corrected chi connectivity index (χ0v) is 15.1. The number of nitrogens with one attached hydrogen (secondary N) is 1. The number of aryl methyl sites for hydroxylation is 1. The molecule has 1 N–H and O–H groups in total. The van der Waals surface area contributed by atoms with Crippen LogP contribution in [-0.4, -0.2) is 72.0 Å². The van der Waals surface area contributed by atoms with Crippen LogP contribution in [0.4, 0.5) is 5.69 Å². The third-order valence-corrected chi connectivity index (χ3v) is 4.59. The van der Waals surface area contributed by atoms with E-state index in [0.717, 1.165) is 57.2 Å². The number of nitrogens with zero attached hydrogens (tertiary/aromatic N) is 5. The normalized spacial score (nSPS) is 21.9. The molecule has 1 aromatic rings. The number of carbonyl (C=O) groups excluding carboxylic acids is 1. The molecule has 3 rings (SSSR count). The molecule has 138 valence electrons. The summed E-state index contributed by atoms with van der Waals surface area (Å²) in [4.78, 5) is 21.1. The number of hydrogen-bond donors (Lipinski definition) is 1. The predicted molar refractivity (Wildman–Crippen MR) is 96.7 cm³/mol. The van der Waals surface area contributed by atoms with Crippen LogP contribution in [0.5, 0.6) is 0 Å². The van der Waals surface area contributed by atoms with Crippen LogP contribution in [0.15, 0.2) is 17.4 Å². The van der Waals surface area contributed by atoms with Crippen molar-refractivity contribution in [2.75, 3.05) is 44.2 Å². The van der Waals surface area contributed by atoms with Crippen molar-refractivity contribution in [1.82, 2.24) is 20.0 Å². The Kier molecular flexibility index (Phi) is 5.91. The molecule has 8 heteroatoms. The molecule has 2 fully saturated rings. The Morgan fingerprint density at radius 1 is 1.48 bits per heavy atom. The van der Waals surface area contributed by atoms with Crippen molar-refractivity contribution in [3.05, 3.63) is 12.4 Å². The summed E-state index contributed by atoms with van der Waals surface area (Å²) in [6.07, 6.45) is 7.17. The van der Waals surface area contributed by atoms with Crippen molar-refractivity contribution in [3.8, 4) is 0 Å². The molecule has 2 aliphatic heterocycles. The summed E-state index contributed by atoms with van der Waals surface area (Å²) in [6, 6.07) is 0. The highest BCUT2D eigenvalue weighted by molar-refractivity contribution is 5.98. The quantitative estimate of drug-likeness (QED) is 0.623. The van der Waals surface area contributed by atoms with E-state index in [1.54, 1.807) is 15.8 Å². The van der Waals surface area contributed by atoms with Crippen LogP contribution in [0.2, 0.25) is 0 Å². The summed E-state index contributed by atoms with van der Waals surface area (Å²) in [5.41, 5.74) is 0.854. The van der Waals surface area contributed by atoms with Gasteiger partial charge in [0.05, 0.1) is 18.0 Å². The molecule has 2 aliphatic rings. The standard InChI is InChI=1S/C17H28N6O2/c1-3-18-17(19-7-6-15-5-4-10-25-15)22-8-9-23(16(24)13-22)14-11-20-21(2)12-14/h11-12,15H,3-10,13H2,1-2H3,(H,18,19). The number of carbonyl (C=O) groups is 1. The number of anilines is 1. The van der Waals surface area contributed by atoms with Crippen LogP contribution >= 0.6 is 0 Å². The Hall–Kier alpha value is -2.09. The van der Waals surface area contributed by atoms with Gasteiger partial charge in [-0.15, -0.1) is 0 Å². The van der Waals surface area contributed by atoms with E-state index in [1.807, 2.05) is 25.1 Å². The first-order valence-corrected chi connectivity index (χ1v) is 9.11. The van der Waals surface area contributed by atoms with Crippen LogP contribution in [0.1, 0.15) is 26.2 Å². The average molecular weight is 348 g/mol. The highest BCUT2D eigenvalue weighted by atomic mass is 16.5. The number of hydrogen-bond acceptors (Lipinski definition) is 4. The maximum Gasteiger partial charge on any atom is 0.246 e. The van der Waals surface area contributed by atoms with Crippen molar-refractivity contribution in [1.29, 1.82) is 0 Å². The second kappa shape index (κ2) is 8.33. The zero-order valence-electron chi connectivity index (χ0n) is 15.1. The van der Waals surface area contributed by atoms with Gasteiger partial charge >= 0.3 is 0 Å². The van der Waals surface area contributed by atoms with Gasteiger partial charge in [0.2, 0.25) is 5.91 Å². The largest absolute Gasteiger partial charge is 0.378 e. The van der Waals surface area contributed by atoms with Crippen molar-refractivity contribution in [2.45, 2.75) is 32.3 Å². The van der Waals surface area contributed by atoms with E-state index in [4.69, 9.17) is 9.73 Å². The monoisotopic (exact) mass is 348 g/mol. The van der Waals surface area contributed by atoms with Crippen LogP contribution in [0.25, 0.3) is 0 Å². The fourth-order valence-electron chi connectivity index (χ4n) is 3.29. The van der Waals surface area contributed by atoms with Crippen molar-refractivity contribution < 1.29 is 9.53 Å². The summed E-state index contributed by atoms with van der Waals surface area (Å²) in [5.74, 6) is 0.892. The highest BCUT2D eigenvalue weighted by Crippen LogP contribution is 2.17. The molecule has 3 heterocycles. The molecule has 25 heavy (non-hydrogen) atoms. The average Bonchev–Trinajstić information content (AvgIpc) is 3.26. The first kappa shape index (κ1) is 17.7. The molecule has 1 aromatic heterocycles. The SMILES string of the molecule is CCNC(=NCCC1CCCO1)N1CCN(c2cnn(C)c2)C(=O)C1. The van der Waals surface area contributed by atoms with Crippen LogP contribution in [0, 0.1) is 0 Å². The number of amides is 1. The molecule has 1 amide bonds. The zero-order chi connectivity index (χ0) is 17.6. The molecule has 8 nitrogen and oxygen atoms in total. The van der Waals surface area contributed by atoms with Gasteiger partial charge in [-0.2, -0.15) is 5.10 Å². The van der Waals surface area contributed by atoms with Gasteiger partial charge in [-0.25, -0.2) is 0 Å². The number of aromatic nitrogens is 2. The predicted octanol–water partition coefficient (Wildman–Crippen LogP) is 0.603. The Morgan fingerprint density at radius 3 is 3.00 bits per heavy atom. The van der Waals surface area contributed by atoms with E-state index < -0.39 is 0 Å². The van der Waals surface area contributed by atoms with Crippen LogP contribution in [0.3, 0.4) is 0 Å². The molecule has 0 aliphatic carbocycles. The molecular weight excluding hydrogens is 320 g/mol. The summed E-state index contributed by atoms with van der Waals surface area (Å²) in [6.45, 7) is 6.16. The Morgan fingerprint density at radius 2 is 2.36 bits per heavy atom. The Bertz CT molecular complexity index is 608. The first-order valence-electron chi connectivity index (χ1n) is 9.11. The molecule has 0 aromatic carbocycles. The number of guanidine groups is 1. The maximum atomic E-state index is 12.6. The Balaban J connectivity index is 1.57. The lowest BCUT2D eigenvalue weighted by Gasteiger charge is -2.35. The van der Waals surface area contributed by atoms with E-state index in [2.05, 4.69) is 10.4 Å². The second-order valence-electron chi connectivity index (χ2n) is 6.50. The molecule has 2 saturated heterocycles. The second-order valence-corrected chi connectivity index (χ2v) is 6.50. The fraction of sp³-hybridized carbons (Fsp3) is 0.706. The molecule has 0 spiro atoms. The van der Waals surface area contributed by atoms with E-state index in [1.165, 1.54) is 0 Å². The van der Waals surface area contributed by atoms with Gasteiger partial charge in [0.1, 0.15) is 6.54 Å². The van der Waals surface area contributed by atoms with E-state index >= 15 is 0 Å². The maximum absolute atomic E-state index is 12.6. The van der Waals surface area contributed by atoms with Gasteiger partial charge in [0.25, 0.3) is 0 Å². The highest BCUT2D eigenvalue weighted by Gasteiger charge is 2.27. The van der Waals surface area contributed by atoms with Crippen molar-refractivity contribution >= 4 is 17.6 Å². The summed E-state index contributed by atoms with van der Waals surface area (Å²) in [7, 11) is 1.86. The van der Waals surface area contributed by atoms with E-state index in [0.29, 0.717) is 19.2 Å². The van der Waals surface area contributed by atoms with Crippen molar-refractivity contribution in [2.24, 2.45) is 12.0 Å². The number of ether oxygens (including phenoxy) is 1. The van der Waals surface area contributed by atoms with Gasteiger partial charge in [-0.05, 0) is 26.2 Å². The fourth-order valence-corrected chi connectivity index (χ4v) is 3.29. The molecule has 0 bridgehead atoms. The molecule has 0 saturated carbocycles. The minimum Gasteiger partial charge on any atom is -0.378 e. The van der Waals surface area contributed by atoms with Gasteiger partial charge in [-0.3, -0.25) is 14.5 Å². The number of rotatable bonds is 5. The van der Waals surface area contributed by atoms with Crippen LogP contribution in [-0.2, 0) is 16.6 Å². The molecule has 1 atom stereocenters.